The highest BCUT2D eigenvalue weighted by atomic mass is 35.5. The standard InChI is InChI=1S/C18H17ClN2O3S/c1-20-16-5-3-2-4-15(16)18(17(20)22)10-11-21(12-18)25(23,24)14-8-6-13(19)7-9-14/h2-9H,10-12H2,1H3/t18-/m0/s1. The van der Waals surface area contributed by atoms with Crippen LogP contribution in [0.2, 0.25) is 5.02 Å². The summed E-state index contributed by atoms with van der Waals surface area (Å²) < 4.78 is 27.3. The first-order valence-corrected chi connectivity index (χ1v) is 9.81. The molecule has 1 fully saturated rings. The predicted molar refractivity (Wildman–Crippen MR) is 96.4 cm³/mol. The molecule has 1 amide bonds. The second-order valence-corrected chi connectivity index (χ2v) is 8.88. The topological polar surface area (TPSA) is 57.7 Å². The monoisotopic (exact) mass is 376 g/mol. The van der Waals surface area contributed by atoms with Crippen LogP contribution in [-0.2, 0) is 20.2 Å². The normalized spacial score (nSPS) is 23.4. The maximum atomic E-state index is 12.9. The van der Waals surface area contributed by atoms with Crippen LogP contribution in [-0.4, -0.2) is 38.8 Å². The number of nitrogens with zero attached hydrogens (tertiary/aromatic N) is 2. The maximum Gasteiger partial charge on any atom is 0.243 e. The SMILES string of the molecule is CN1C(=O)[C@]2(CCN(S(=O)(=O)c3ccc(Cl)cc3)C2)c2ccccc21. The molecule has 5 nitrogen and oxygen atoms in total. The number of para-hydroxylation sites is 1. The van der Waals surface area contributed by atoms with Crippen molar-refractivity contribution in [2.45, 2.75) is 16.7 Å². The van der Waals surface area contributed by atoms with Gasteiger partial charge in [-0.05, 0) is 42.3 Å². The van der Waals surface area contributed by atoms with Crippen molar-refractivity contribution in [3.8, 4) is 0 Å². The number of fused-ring (bicyclic) bond motifs is 2. The van der Waals surface area contributed by atoms with E-state index in [0.29, 0.717) is 18.0 Å². The van der Waals surface area contributed by atoms with E-state index in [2.05, 4.69) is 0 Å². The van der Waals surface area contributed by atoms with Crippen LogP contribution in [0.3, 0.4) is 0 Å². The van der Waals surface area contributed by atoms with Crippen LogP contribution in [0.4, 0.5) is 5.69 Å². The second kappa shape index (κ2) is 5.56. The van der Waals surface area contributed by atoms with Crippen molar-refractivity contribution >= 4 is 33.2 Å². The number of likely N-dealkylation sites (N-methyl/N-ethyl adjacent to an activating group) is 1. The largest absolute Gasteiger partial charge is 0.314 e. The van der Waals surface area contributed by atoms with Crippen molar-refractivity contribution < 1.29 is 13.2 Å². The number of halogens is 1. The zero-order chi connectivity index (χ0) is 17.8. The predicted octanol–water partition coefficient (Wildman–Crippen LogP) is 2.65. The highest BCUT2D eigenvalue weighted by Crippen LogP contribution is 2.47. The Morgan fingerprint density at radius 3 is 2.48 bits per heavy atom. The molecule has 0 saturated carbocycles. The first kappa shape index (κ1) is 16.6. The summed E-state index contributed by atoms with van der Waals surface area (Å²) in [6.45, 7) is 0.483. The summed E-state index contributed by atoms with van der Waals surface area (Å²) >= 11 is 5.85. The number of anilines is 1. The summed E-state index contributed by atoms with van der Waals surface area (Å²) in [5.41, 5.74) is 0.986. The van der Waals surface area contributed by atoms with Crippen LogP contribution in [0, 0.1) is 0 Å². The third-order valence-electron chi connectivity index (χ3n) is 5.18. The Morgan fingerprint density at radius 1 is 1.08 bits per heavy atom. The lowest BCUT2D eigenvalue weighted by Crippen LogP contribution is -2.42. The van der Waals surface area contributed by atoms with Crippen molar-refractivity contribution in [1.29, 1.82) is 0 Å². The van der Waals surface area contributed by atoms with Crippen molar-refractivity contribution in [3.05, 3.63) is 59.1 Å². The molecule has 0 aliphatic carbocycles. The maximum absolute atomic E-state index is 12.9. The molecule has 130 valence electrons. The van der Waals surface area contributed by atoms with E-state index in [4.69, 9.17) is 11.6 Å². The first-order valence-electron chi connectivity index (χ1n) is 8.00. The van der Waals surface area contributed by atoms with E-state index in [0.717, 1.165) is 11.3 Å². The number of hydrogen-bond acceptors (Lipinski definition) is 3. The zero-order valence-electron chi connectivity index (χ0n) is 13.6. The van der Waals surface area contributed by atoms with Crippen LogP contribution in [0.1, 0.15) is 12.0 Å². The number of hydrogen-bond donors (Lipinski definition) is 0. The molecule has 0 unspecified atom stereocenters. The van der Waals surface area contributed by atoms with Gasteiger partial charge in [-0.25, -0.2) is 8.42 Å². The number of rotatable bonds is 2. The minimum atomic E-state index is -3.66. The highest BCUT2D eigenvalue weighted by Gasteiger charge is 2.55. The number of sulfonamides is 1. The number of amides is 1. The van der Waals surface area contributed by atoms with E-state index in [-0.39, 0.29) is 17.3 Å². The van der Waals surface area contributed by atoms with Gasteiger partial charge in [0, 0.05) is 30.8 Å². The van der Waals surface area contributed by atoms with Crippen LogP contribution in [0.5, 0.6) is 0 Å². The van der Waals surface area contributed by atoms with Gasteiger partial charge in [-0.15, -0.1) is 0 Å². The molecule has 0 bridgehead atoms. The molecule has 2 aromatic carbocycles. The fraction of sp³-hybridized carbons (Fsp3) is 0.278. The molecule has 2 aliphatic rings. The van der Waals surface area contributed by atoms with Crippen molar-refractivity contribution in [2.75, 3.05) is 25.0 Å². The summed E-state index contributed by atoms with van der Waals surface area (Å²) in [7, 11) is -1.92. The van der Waals surface area contributed by atoms with Gasteiger partial charge in [0.25, 0.3) is 0 Å². The van der Waals surface area contributed by atoms with Gasteiger partial charge in [-0.3, -0.25) is 4.79 Å². The molecular formula is C18H17ClN2O3S. The van der Waals surface area contributed by atoms with Crippen LogP contribution in [0.15, 0.2) is 53.4 Å². The Labute approximate surface area is 151 Å². The summed E-state index contributed by atoms with van der Waals surface area (Å²) in [5, 5.41) is 0.485. The van der Waals surface area contributed by atoms with Gasteiger partial charge < -0.3 is 4.90 Å². The third-order valence-corrected chi connectivity index (χ3v) is 7.29. The van der Waals surface area contributed by atoms with Gasteiger partial charge in [0.2, 0.25) is 15.9 Å². The molecular weight excluding hydrogens is 360 g/mol. The Hall–Kier alpha value is -1.89. The van der Waals surface area contributed by atoms with Gasteiger partial charge in [-0.1, -0.05) is 29.8 Å². The number of benzene rings is 2. The quantitative estimate of drug-likeness (QED) is 0.809. The number of carbonyl (C=O) groups excluding carboxylic acids is 1. The first-order chi connectivity index (χ1) is 11.9. The van der Waals surface area contributed by atoms with Crippen molar-refractivity contribution in [3.63, 3.8) is 0 Å². The lowest BCUT2D eigenvalue weighted by atomic mass is 9.81. The Bertz CT molecular complexity index is 959. The molecule has 1 spiro atoms. The van der Waals surface area contributed by atoms with E-state index in [9.17, 15) is 13.2 Å². The highest BCUT2D eigenvalue weighted by molar-refractivity contribution is 7.89. The molecule has 2 aromatic rings. The lowest BCUT2D eigenvalue weighted by Gasteiger charge is -2.23. The van der Waals surface area contributed by atoms with Crippen LogP contribution >= 0.6 is 11.6 Å². The molecule has 4 rings (SSSR count). The van der Waals surface area contributed by atoms with Crippen molar-refractivity contribution in [2.24, 2.45) is 0 Å². The van der Waals surface area contributed by atoms with Crippen molar-refractivity contribution in [1.82, 2.24) is 4.31 Å². The fourth-order valence-electron chi connectivity index (χ4n) is 3.85. The van der Waals surface area contributed by atoms with Gasteiger partial charge in [-0.2, -0.15) is 4.31 Å². The summed E-state index contributed by atoms with van der Waals surface area (Å²) in [4.78, 5) is 14.8. The minimum absolute atomic E-state index is 0.0393. The van der Waals surface area contributed by atoms with E-state index in [1.807, 2.05) is 24.3 Å². The molecule has 0 aromatic heterocycles. The second-order valence-electron chi connectivity index (χ2n) is 6.51. The molecule has 2 aliphatic heterocycles. The summed E-state index contributed by atoms with van der Waals surface area (Å²) in [6.07, 6.45) is 0.486. The Morgan fingerprint density at radius 2 is 1.76 bits per heavy atom. The summed E-state index contributed by atoms with van der Waals surface area (Å²) in [5.74, 6) is -0.0393. The Kier molecular flexibility index (Phi) is 3.68. The van der Waals surface area contributed by atoms with E-state index < -0.39 is 15.4 Å². The molecule has 25 heavy (non-hydrogen) atoms. The molecule has 7 heteroatoms. The molecule has 2 heterocycles. The molecule has 0 N–H and O–H groups in total. The molecule has 0 radical (unpaired) electrons. The smallest absolute Gasteiger partial charge is 0.243 e. The minimum Gasteiger partial charge on any atom is -0.314 e. The average Bonchev–Trinajstić information content (AvgIpc) is 3.15. The average molecular weight is 377 g/mol. The third kappa shape index (κ3) is 2.32. The van der Waals surface area contributed by atoms with Gasteiger partial charge in [0.05, 0.1) is 10.3 Å². The van der Waals surface area contributed by atoms with Gasteiger partial charge in [0.15, 0.2) is 0 Å². The van der Waals surface area contributed by atoms with E-state index in [1.54, 1.807) is 24.1 Å². The van der Waals surface area contributed by atoms with Gasteiger partial charge >= 0.3 is 0 Å². The Balaban J connectivity index is 1.72. The van der Waals surface area contributed by atoms with Gasteiger partial charge in [0.1, 0.15) is 0 Å². The van der Waals surface area contributed by atoms with E-state index in [1.165, 1.54) is 16.4 Å². The van der Waals surface area contributed by atoms with E-state index >= 15 is 0 Å². The molecule has 1 atom stereocenters. The lowest BCUT2D eigenvalue weighted by molar-refractivity contribution is -0.122. The molecule has 1 saturated heterocycles. The fourth-order valence-corrected chi connectivity index (χ4v) is 5.47. The number of carbonyl (C=O) groups is 1. The van der Waals surface area contributed by atoms with Crippen LogP contribution in [0.25, 0.3) is 0 Å². The summed E-state index contributed by atoms with van der Waals surface area (Å²) in [6, 6.07) is 13.7. The zero-order valence-corrected chi connectivity index (χ0v) is 15.2. The van der Waals surface area contributed by atoms with Crippen LogP contribution < -0.4 is 4.90 Å².